The van der Waals surface area contributed by atoms with Crippen molar-refractivity contribution in [1.29, 1.82) is 0 Å². The summed E-state index contributed by atoms with van der Waals surface area (Å²) in [5.41, 5.74) is 5.62. The first kappa shape index (κ1) is 11.9. The second-order valence-corrected chi connectivity index (χ2v) is 4.41. The number of carbonyl (C=O) groups is 1. The molecular formula is C11H17N5O. The molecule has 0 unspecified atom stereocenters. The average Bonchev–Trinajstić information content (AvgIpc) is 2.40. The fraction of sp³-hybridized carbons (Fsp3) is 0.636. The molecule has 2 rings (SSSR count). The highest BCUT2D eigenvalue weighted by atomic mass is 16.2. The van der Waals surface area contributed by atoms with Gasteiger partial charge in [-0.05, 0) is 38.1 Å². The third kappa shape index (κ3) is 3.20. The van der Waals surface area contributed by atoms with Gasteiger partial charge >= 0.3 is 0 Å². The molecule has 0 aliphatic heterocycles. The van der Waals surface area contributed by atoms with E-state index in [1.807, 2.05) is 0 Å². The number of hydrogen-bond donors (Lipinski definition) is 2. The van der Waals surface area contributed by atoms with Crippen LogP contribution in [-0.2, 0) is 4.79 Å². The van der Waals surface area contributed by atoms with Gasteiger partial charge in [0.05, 0.1) is 12.4 Å². The minimum atomic E-state index is -0.00604. The second-order valence-electron chi connectivity index (χ2n) is 4.41. The van der Waals surface area contributed by atoms with Crippen molar-refractivity contribution >= 4 is 11.9 Å². The highest BCUT2D eigenvalue weighted by Gasteiger charge is 2.25. The number of anilines is 1. The minimum absolute atomic E-state index is 0.00604. The summed E-state index contributed by atoms with van der Waals surface area (Å²) in [6, 6.07) is 0. The van der Waals surface area contributed by atoms with E-state index in [0.717, 1.165) is 32.2 Å². The zero-order valence-electron chi connectivity index (χ0n) is 9.67. The Morgan fingerprint density at radius 2 is 2.12 bits per heavy atom. The van der Waals surface area contributed by atoms with E-state index in [2.05, 4.69) is 20.5 Å². The Bertz CT molecular complexity index is 361. The first-order chi connectivity index (χ1) is 8.29. The molecule has 0 bridgehead atoms. The SMILES string of the molecule is NCC1CCC(C(=O)Nc2nccnn2)CC1. The van der Waals surface area contributed by atoms with Gasteiger partial charge < -0.3 is 5.73 Å². The van der Waals surface area contributed by atoms with Gasteiger partial charge in [0, 0.05) is 5.92 Å². The lowest BCUT2D eigenvalue weighted by Gasteiger charge is -2.26. The van der Waals surface area contributed by atoms with Crippen LogP contribution in [0.4, 0.5) is 5.95 Å². The fourth-order valence-electron chi connectivity index (χ4n) is 2.18. The van der Waals surface area contributed by atoms with Gasteiger partial charge in [-0.1, -0.05) is 0 Å². The van der Waals surface area contributed by atoms with E-state index in [9.17, 15) is 4.79 Å². The Morgan fingerprint density at radius 3 is 2.71 bits per heavy atom. The molecule has 0 radical (unpaired) electrons. The van der Waals surface area contributed by atoms with Gasteiger partial charge in [-0.15, -0.1) is 5.10 Å². The highest BCUT2D eigenvalue weighted by molar-refractivity contribution is 5.90. The maximum atomic E-state index is 11.9. The lowest BCUT2D eigenvalue weighted by molar-refractivity contribution is -0.121. The number of carbonyl (C=O) groups excluding carboxylic acids is 1. The molecule has 6 nitrogen and oxygen atoms in total. The van der Waals surface area contributed by atoms with E-state index in [1.54, 1.807) is 0 Å². The monoisotopic (exact) mass is 235 g/mol. The molecule has 0 aromatic carbocycles. The van der Waals surface area contributed by atoms with Crippen LogP contribution in [0.25, 0.3) is 0 Å². The van der Waals surface area contributed by atoms with Crippen LogP contribution in [0.5, 0.6) is 0 Å². The summed E-state index contributed by atoms with van der Waals surface area (Å²) in [4.78, 5) is 15.8. The maximum Gasteiger partial charge on any atom is 0.249 e. The summed E-state index contributed by atoms with van der Waals surface area (Å²) in [5, 5.41) is 10.1. The van der Waals surface area contributed by atoms with Crippen LogP contribution in [0, 0.1) is 11.8 Å². The van der Waals surface area contributed by atoms with Gasteiger partial charge in [-0.3, -0.25) is 10.1 Å². The van der Waals surface area contributed by atoms with Crippen LogP contribution in [0.1, 0.15) is 25.7 Å². The minimum Gasteiger partial charge on any atom is -0.330 e. The third-order valence-electron chi connectivity index (χ3n) is 3.27. The largest absolute Gasteiger partial charge is 0.330 e. The van der Waals surface area contributed by atoms with Crippen LogP contribution in [-0.4, -0.2) is 27.6 Å². The molecule has 1 aliphatic carbocycles. The molecule has 3 N–H and O–H groups in total. The van der Waals surface area contributed by atoms with Crippen molar-refractivity contribution in [2.75, 3.05) is 11.9 Å². The molecule has 1 aliphatic rings. The molecule has 1 aromatic rings. The van der Waals surface area contributed by atoms with Crippen LogP contribution in [0.3, 0.4) is 0 Å². The molecule has 1 heterocycles. The standard InChI is InChI=1S/C11H17N5O/c12-7-8-1-3-9(4-2-8)10(17)15-11-13-5-6-14-16-11/h5-6,8-9H,1-4,7,12H2,(H,13,15,16,17). The third-order valence-corrected chi connectivity index (χ3v) is 3.27. The summed E-state index contributed by atoms with van der Waals surface area (Å²) < 4.78 is 0. The zero-order chi connectivity index (χ0) is 12.1. The quantitative estimate of drug-likeness (QED) is 0.799. The van der Waals surface area contributed by atoms with E-state index < -0.39 is 0 Å². The second kappa shape index (κ2) is 5.67. The van der Waals surface area contributed by atoms with Gasteiger partial charge in [0.1, 0.15) is 0 Å². The lowest BCUT2D eigenvalue weighted by atomic mass is 9.81. The predicted molar refractivity (Wildman–Crippen MR) is 63.0 cm³/mol. The molecular weight excluding hydrogens is 218 g/mol. The summed E-state index contributed by atoms with van der Waals surface area (Å²) in [7, 11) is 0. The Labute approximate surface area is 100 Å². The molecule has 0 atom stereocenters. The molecule has 17 heavy (non-hydrogen) atoms. The summed E-state index contributed by atoms with van der Waals surface area (Å²) in [6.45, 7) is 0.722. The van der Waals surface area contributed by atoms with Crippen molar-refractivity contribution in [2.24, 2.45) is 17.6 Å². The molecule has 0 spiro atoms. The smallest absolute Gasteiger partial charge is 0.249 e. The number of nitrogens with zero attached hydrogens (tertiary/aromatic N) is 3. The van der Waals surface area contributed by atoms with Gasteiger partial charge in [0.2, 0.25) is 11.9 Å². The van der Waals surface area contributed by atoms with Crippen molar-refractivity contribution in [2.45, 2.75) is 25.7 Å². The van der Waals surface area contributed by atoms with E-state index in [0.29, 0.717) is 5.92 Å². The van der Waals surface area contributed by atoms with E-state index in [-0.39, 0.29) is 17.8 Å². The number of rotatable bonds is 3. The molecule has 1 saturated carbocycles. The molecule has 6 heteroatoms. The van der Waals surface area contributed by atoms with E-state index >= 15 is 0 Å². The number of nitrogens with two attached hydrogens (primary N) is 1. The van der Waals surface area contributed by atoms with Gasteiger partial charge in [-0.2, -0.15) is 5.10 Å². The summed E-state index contributed by atoms with van der Waals surface area (Å²) in [5.74, 6) is 0.905. The normalized spacial score (nSPS) is 24.3. The average molecular weight is 235 g/mol. The fourth-order valence-corrected chi connectivity index (χ4v) is 2.18. The van der Waals surface area contributed by atoms with Crippen molar-refractivity contribution in [3.8, 4) is 0 Å². The van der Waals surface area contributed by atoms with Crippen LogP contribution in [0.15, 0.2) is 12.4 Å². The molecule has 1 fully saturated rings. The molecule has 92 valence electrons. The molecule has 1 aromatic heterocycles. The zero-order valence-corrected chi connectivity index (χ0v) is 9.67. The number of amides is 1. The van der Waals surface area contributed by atoms with Gasteiger partial charge in [0.15, 0.2) is 0 Å². The molecule has 0 saturated heterocycles. The van der Waals surface area contributed by atoms with Crippen molar-refractivity contribution in [3.63, 3.8) is 0 Å². The molecule has 1 amide bonds. The maximum absolute atomic E-state index is 11.9. The first-order valence-corrected chi connectivity index (χ1v) is 5.94. The Kier molecular flexibility index (Phi) is 3.98. The summed E-state index contributed by atoms with van der Waals surface area (Å²) >= 11 is 0. The summed E-state index contributed by atoms with van der Waals surface area (Å²) in [6.07, 6.45) is 6.84. The van der Waals surface area contributed by atoms with Crippen LogP contribution < -0.4 is 11.1 Å². The Morgan fingerprint density at radius 1 is 1.35 bits per heavy atom. The Balaban J connectivity index is 1.85. The van der Waals surface area contributed by atoms with Crippen molar-refractivity contribution in [3.05, 3.63) is 12.4 Å². The van der Waals surface area contributed by atoms with Crippen molar-refractivity contribution < 1.29 is 4.79 Å². The number of nitrogens with one attached hydrogen (secondary N) is 1. The first-order valence-electron chi connectivity index (χ1n) is 5.94. The van der Waals surface area contributed by atoms with E-state index in [1.165, 1.54) is 12.4 Å². The lowest BCUT2D eigenvalue weighted by Crippen LogP contribution is -2.29. The predicted octanol–water partition coefficient (Wildman–Crippen LogP) is 0.575. The highest BCUT2D eigenvalue weighted by Crippen LogP contribution is 2.28. The number of aromatic nitrogens is 3. The number of hydrogen-bond acceptors (Lipinski definition) is 5. The van der Waals surface area contributed by atoms with Gasteiger partial charge in [-0.25, -0.2) is 4.98 Å². The topological polar surface area (TPSA) is 93.8 Å². The van der Waals surface area contributed by atoms with Crippen LogP contribution >= 0.6 is 0 Å². The van der Waals surface area contributed by atoms with Gasteiger partial charge in [0.25, 0.3) is 0 Å². The Hall–Kier alpha value is -1.56. The van der Waals surface area contributed by atoms with Crippen LogP contribution in [0.2, 0.25) is 0 Å². The van der Waals surface area contributed by atoms with Crippen molar-refractivity contribution in [1.82, 2.24) is 15.2 Å². The van der Waals surface area contributed by atoms with E-state index in [4.69, 9.17) is 5.73 Å².